The van der Waals surface area contributed by atoms with Crippen LogP contribution in [0.4, 0.5) is 5.69 Å². The first-order valence-electron chi connectivity index (χ1n) is 6.86. The van der Waals surface area contributed by atoms with E-state index in [4.69, 9.17) is 5.11 Å². The number of hydrogen-bond donors (Lipinski definition) is 3. The molecule has 1 aliphatic carbocycles. The van der Waals surface area contributed by atoms with Gasteiger partial charge < -0.3 is 15.7 Å². The van der Waals surface area contributed by atoms with E-state index in [0.29, 0.717) is 5.69 Å². The van der Waals surface area contributed by atoms with E-state index in [1.54, 1.807) is 12.1 Å². The third kappa shape index (κ3) is 4.59. The number of rotatable bonds is 5. The molecule has 0 saturated heterocycles. The summed E-state index contributed by atoms with van der Waals surface area (Å²) < 4.78 is 0. The summed E-state index contributed by atoms with van der Waals surface area (Å²) in [5, 5.41) is 13.8. The van der Waals surface area contributed by atoms with Crippen molar-refractivity contribution in [2.24, 2.45) is 5.92 Å². The van der Waals surface area contributed by atoms with Gasteiger partial charge in [-0.25, -0.2) is 0 Å². The minimum Gasteiger partial charge on any atom is -0.481 e. The number of anilines is 1. The van der Waals surface area contributed by atoms with Gasteiger partial charge >= 0.3 is 17.8 Å². The minimum atomic E-state index is -0.980. The fourth-order valence-electron chi connectivity index (χ4n) is 2.08. The topological polar surface area (TPSA) is 95.5 Å². The van der Waals surface area contributed by atoms with Crippen molar-refractivity contribution in [3.63, 3.8) is 0 Å². The van der Waals surface area contributed by atoms with E-state index in [1.807, 2.05) is 19.1 Å². The Balaban J connectivity index is 1.90. The lowest BCUT2D eigenvalue weighted by atomic mass is 10.1. The summed E-state index contributed by atoms with van der Waals surface area (Å²) in [7, 11) is 0. The van der Waals surface area contributed by atoms with E-state index in [9.17, 15) is 14.4 Å². The number of nitrogens with one attached hydrogen (secondary N) is 2. The first kappa shape index (κ1) is 15.0. The van der Waals surface area contributed by atoms with Crippen LogP contribution in [0.15, 0.2) is 24.3 Å². The smallest absolute Gasteiger partial charge is 0.313 e. The molecule has 1 aromatic rings. The Bertz CT molecular complexity index is 549. The van der Waals surface area contributed by atoms with Gasteiger partial charge in [0.05, 0.1) is 6.42 Å². The molecule has 1 saturated carbocycles. The molecule has 112 valence electrons. The molecule has 1 aromatic carbocycles. The van der Waals surface area contributed by atoms with Gasteiger partial charge in [-0.3, -0.25) is 14.4 Å². The zero-order valence-electron chi connectivity index (χ0n) is 11.8. The Kier molecular flexibility index (Phi) is 4.57. The molecule has 0 radical (unpaired) electrons. The second-order valence-electron chi connectivity index (χ2n) is 5.34. The van der Waals surface area contributed by atoms with E-state index in [1.165, 1.54) is 0 Å². The van der Waals surface area contributed by atoms with E-state index in [2.05, 4.69) is 10.6 Å². The predicted octanol–water partition coefficient (Wildman–Crippen LogP) is 1.30. The van der Waals surface area contributed by atoms with Crippen molar-refractivity contribution < 1.29 is 19.5 Å². The summed E-state index contributed by atoms with van der Waals surface area (Å²) in [6.45, 7) is 1.92. The Morgan fingerprint density at radius 3 is 2.33 bits per heavy atom. The Hall–Kier alpha value is -2.37. The number of amides is 2. The molecule has 2 amide bonds. The summed E-state index contributed by atoms with van der Waals surface area (Å²) >= 11 is 0. The lowest BCUT2D eigenvalue weighted by Crippen LogP contribution is -2.43. The van der Waals surface area contributed by atoms with Gasteiger partial charge in [0.25, 0.3) is 0 Å². The molecule has 1 unspecified atom stereocenters. The van der Waals surface area contributed by atoms with E-state index >= 15 is 0 Å². The number of carboxylic acid groups (broad SMARTS) is 1. The second-order valence-corrected chi connectivity index (χ2v) is 5.34. The van der Waals surface area contributed by atoms with Gasteiger partial charge in [-0.05, 0) is 37.8 Å². The Morgan fingerprint density at radius 1 is 1.19 bits per heavy atom. The first-order valence-corrected chi connectivity index (χ1v) is 6.86. The molecule has 2 rings (SSSR count). The maximum atomic E-state index is 11.8. The quantitative estimate of drug-likeness (QED) is 0.712. The summed E-state index contributed by atoms with van der Waals surface area (Å²) in [6.07, 6.45) is 1.61. The molecule has 1 fully saturated rings. The molecule has 6 heteroatoms. The lowest BCUT2D eigenvalue weighted by molar-refractivity contribution is -0.139. The van der Waals surface area contributed by atoms with Crippen LogP contribution in [-0.4, -0.2) is 28.9 Å². The molecule has 0 bridgehead atoms. The van der Waals surface area contributed by atoms with Gasteiger partial charge in [0.2, 0.25) is 0 Å². The third-order valence-corrected chi connectivity index (χ3v) is 3.42. The number of benzene rings is 1. The van der Waals surface area contributed by atoms with Crippen LogP contribution in [-0.2, 0) is 14.4 Å². The molecular formula is C15H18N2O4. The maximum absolute atomic E-state index is 11.8. The Morgan fingerprint density at radius 2 is 1.81 bits per heavy atom. The number of hydrogen-bond acceptors (Lipinski definition) is 3. The summed E-state index contributed by atoms with van der Waals surface area (Å²) in [5.74, 6) is -2.40. The van der Waals surface area contributed by atoms with Crippen LogP contribution in [0.1, 0.15) is 24.8 Å². The lowest BCUT2D eigenvalue weighted by Gasteiger charge is -2.15. The molecule has 0 heterocycles. The van der Waals surface area contributed by atoms with Gasteiger partial charge in [0, 0.05) is 11.7 Å². The van der Waals surface area contributed by atoms with Crippen molar-refractivity contribution >= 4 is 23.5 Å². The number of carbonyl (C=O) groups excluding carboxylic acids is 2. The summed E-state index contributed by atoms with van der Waals surface area (Å²) in [5.41, 5.74) is 1.58. The van der Waals surface area contributed by atoms with Crippen LogP contribution in [0, 0.1) is 12.8 Å². The highest BCUT2D eigenvalue weighted by Crippen LogP contribution is 2.34. The van der Waals surface area contributed by atoms with Crippen molar-refractivity contribution in [2.75, 3.05) is 5.32 Å². The highest BCUT2D eigenvalue weighted by molar-refractivity contribution is 6.39. The van der Waals surface area contributed by atoms with Crippen LogP contribution in [0.3, 0.4) is 0 Å². The fourth-order valence-corrected chi connectivity index (χ4v) is 2.08. The number of carbonyl (C=O) groups is 3. The number of aryl methyl sites for hydroxylation is 1. The molecule has 0 spiro atoms. The van der Waals surface area contributed by atoms with Crippen LogP contribution >= 0.6 is 0 Å². The highest BCUT2D eigenvalue weighted by Gasteiger charge is 2.34. The fraction of sp³-hybridized carbons (Fsp3) is 0.400. The van der Waals surface area contributed by atoms with E-state index in [-0.39, 0.29) is 12.3 Å². The zero-order valence-corrected chi connectivity index (χ0v) is 11.8. The zero-order chi connectivity index (χ0) is 15.4. The molecule has 0 aliphatic heterocycles. The second kappa shape index (κ2) is 6.39. The molecular weight excluding hydrogens is 272 g/mol. The molecule has 1 aliphatic rings. The number of aliphatic carboxylic acids is 1. The van der Waals surface area contributed by atoms with Crippen molar-refractivity contribution in [1.29, 1.82) is 0 Å². The van der Waals surface area contributed by atoms with Crippen molar-refractivity contribution in [3.05, 3.63) is 29.8 Å². The predicted molar refractivity (Wildman–Crippen MR) is 76.7 cm³/mol. The molecule has 1 atom stereocenters. The largest absolute Gasteiger partial charge is 0.481 e. The van der Waals surface area contributed by atoms with Crippen LogP contribution in [0.25, 0.3) is 0 Å². The van der Waals surface area contributed by atoms with Gasteiger partial charge in [0.1, 0.15) is 0 Å². The van der Waals surface area contributed by atoms with Crippen LogP contribution in [0.2, 0.25) is 0 Å². The highest BCUT2D eigenvalue weighted by atomic mass is 16.4. The minimum absolute atomic E-state index is 0.159. The SMILES string of the molecule is Cc1ccc(NC(=O)C(=O)NC(CC(=O)O)C2CC2)cc1. The van der Waals surface area contributed by atoms with E-state index in [0.717, 1.165) is 18.4 Å². The molecule has 0 aromatic heterocycles. The van der Waals surface area contributed by atoms with Crippen molar-refractivity contribution in [3.8, 4) is 0 Å². The first-order chi connectivity index (χ1) is 9.95. The molecule has 3 N–H and O–H groups in total. The summed E-state index contributed by atoms with van der Waals surface area (Å²) in [6, 6.07) is 6.58. The van der Waals surface area contributed by atoms with Gasteiger partial charge in [0.15, 0.2) is 0 Å². The normalized spacial score (nSPS) is 15.1. The van der Waals surface area contributed by atoms with Crippen LogP contribution in [0.5, 0.6) is 0 Å². The average molecular weight is 290 g/mol. The molecule has 6 nitrogen and oxygen atoms in total. The summed E-state index contributed by atoms with van der Waals surface area (Å²) in [4.78, 5) is 34.4. The van der Waals surface area contributed by atoms with E-state index < -0.39 is 23.8 Å². The molecule has 21 heavy (non-hydrogen) atoms. The average Bonchev–Trinajstić information content (AvgIpc) is 3.24. The third-order valence-electron chi connectivity index (χ3n) is 3.42. The van der Waals surface area contributed by atoms with Gasteiger partial charge in [-0.1, -0.05) is 17.7 Å². The number of carboxylic acids is 1. The standard InChI is InChI=1S/C15H18N2O4/c1-9-2-6-11(7-3-9)16-14(20)15(21)17-12(8-13(18)19)10-4-5-10/h2-3,6-7,10,12H,4-5,8H2,1H3,(H,16,20)(H,17,21)(H,18,19). The Labute approximate surface area is 122 Å². The van der Waals surface area contributed by atoms with Crippen LogP contribution < -0.4 is 10.6 Å². The maximum Gasteiger partial charge on any atom is 0.313 e. The van der Waals surface area contributed by atoms with Gasteiger partial charge in [-0.15, -0.1) is 0 Å². The van der Waals surface area contributed by atoms with Crippen molar-refractivity contribution in [1.82, 2.24) is 5.32 Å². The van der Waals surface area contributed by atoms with Crippen molar-refractivity contribution in [2.45, 2.75) is 32.2 Å². The monoisotopic (exact) mass is 290 g/mol. The van der Waals surface area contributed by atoms with Gasteiger partial charge in [-0.2, -0.15) is 0 Å².